The van der Waals surface area contributed by atoms with Crippen LogP contribution in [-0.4, -0.2) is 30.9 Å². The third-order valence-electron chi connectivity index (χ3n) is 3.29. The van der Waals surface area contributed by atoms with Gasteiger partial charge in [-0.15, -0.1) is 0 Å². The molecule has 0 saturated carbocycles. The van der Waals surface area contributed by atoms with Crippen molar-refractivity contribution in [2.24, 2.45) is 0 Å². The molecular weight excluding hydrogens is 478 g/mol. The predicted molar refractivity (Wildman–Crippen MR) is 105 cm³/mol. The molecule has 0 heterocycles. The number of hydrogen-bond donors (Lipinski definition) is 7. The number of benzene rings is 2. The molecule has 2 rings (SSSR count). The van der Waals surface area contributed by atoms with Gasteiger partial charge < -0.3 is 25.5 Å². The Morgan fingerprint density at radius 1 is 0.920 bits per heavy atom. The number of phenols is 5. The van der Waals surface area contributed by atoms with Crippen LogP contribution in [0.25, 0.3) is 6.08 Å². The molecule has 0 aliphatic rings. The molecule has 0 aliphatic heterocycles. The van der Waals surface area contributed by atoms with Crippen molar-refractivity contribution >= 4 is 50.6 Å². The number of nitrogens with one attached hydrogen (secondary N) is 1. The highest BCUT2D eigenvalue weighted by molar-refractivity contribution is 9.13. The SMILES string of the molecule is Oc1cc(CNC(S)/C=C/c2cc(O)c(O)c(Br)c2Br)cc(O)c1O. The summed E-state index contributed by atoms with van der Waals surface area (Å²) in [5, 5.41) is 50.2. The van der Waals surface area contributed by atoms with Gasteiger partial charge in [0.25, 0.3) is 0 Å². The van der Waals surface area contributed by atoms with Gasteiger partial charge in [0, 0.05) is 11.0 Å². The minimum Gasteiger partial charge on any atom is -0.504 e. The lowest BCUT2D eigenvalue weighted by Crippen LogP contribution is -2.21. The van der Waals surface area contributed by atoms with Crippen LogP contribution in [0.1, 0.15) is 11.1 Å². The largest absolute Gasteiger partial charge is 0.504 e. The summed E-state index contributed by atoms with van der Waals surface area (Å²) >= 11 is 10.9. The summed E-state index contributed by atoms with van der Waals surface area (Å²) in [6.45, 7) is 0.283. The van der Waals surface area contributed by atoms with Crippen LogP contribution in [0.3, 0.4) is 0 Å². The molecule has 0 spiro atoms. The second-order valence-electron chi connectivity index (χ2n) is 5.13. The summed E-state index contributed by atoms with van der Waals surface area (Å²) < 4.78 is 0.916. The van der Waals surface area contributed by atoms with Crippen molar-refractivity contribution < 1.29 is 25.5 Å². The van der Waals surface area contributed by atoms with E-state index in [1.165, 1.54) is 18.2 Å². The lowest BCUT2D eigenvalue weighted by Gasteiger charge is -2.11. The third kappa shape index (κ3) is 4.75. The van der Waals surface area contributed by atoms with E-state index in [1.807, 2.05) is 0 Å². The first-order valence-corrected chi connectivity index (χ1v) is 9.04. The monoisotopic (exact) mass is 491 g/mol. The van der Waals surface area contributed by atoms with Crippen molar-refractivity contribution in [2.45, 2.75) is 11.9 Å². The van der Waals surface area contributed by atoms with E-state index >= 15 is 0 Å². The molecule has 134 valence electrons. The van der Waals surface area contributed by atoms with E-state index in [0.717, 1.165) is 0 Å². The summed E-state index contributed by atoms with van der Waals surface area (Å²) in [6, 6.07) is 4.06. The van der Waals surface area contributed by atoms with Gasteiger partial charge in [-0.3, -0.25) is 5.32 Å². The fourth-order valence-electron chi connectivity index (χ4n) is 1.99. The fourth-order valence-corrected chi connectivity index (χ4v) is 3.04. The number of hydrogen-bond acceptors (Lipinski definition) is 7. The van der Waals surface area contributed by atoms with Crippen molar-refractivity contribution in [2.75, 3.05) is 0 Å². The quantitative estimate of drug-likeness (QED) is 0.194. The highest BCUT2D eigenvalue weighted by Crippen LogP contribution is 2.41. The standard InChI is InChI=1S/C16H15Br2NO5S/c17-13-8(5-11(22)16(24)14(13)18)1-2-12(25)19-6-7-3-9(20)15(23)10(21)4-7/h1-5,12,19-25H,6H2/b2-1+. The van der Waals surface area contributed by atoms with Gasteiger partial charge in [-0.05, 0) is 61.2 Å². The van der Waals surface area contributed by atoms with Crippen molar-refractivity contribution in [3.63, 3.8) is 0 Å². The van der Waals surface area contributed by atoms with E-state index in [4.69, 9.17) is 0 Å². The molecule has 2 aromatic rings. The van der Waals surface area contributed by atoms with E-state index < -0.39 is 17.2 Å². The molecule has 6 N–H and O–H groups in total. The van der Waals surface area contributed by atoms with Crippen LogP contribution in [0.4, 0.5) is 0 Å². The number of halogens is 2. The highest BCUT2D eigenvalue weighted by atomic mass is 79.9. The normalized spacial score (nSPS) is 12.6. The van der Waals surface area contributed by atoms with Crippen molar-refractivity contribution in [1.29, 1.82) is 0 Å². The molecule has 1 unspecified atom stereocenters. The van der Waals surface area contributed by atoms with Gasteiger partial charge in [-0.25, -0.2) is 0 Å². The molecule has 0 aliphatic carbocycles. The first kappa shape index (κ1) is 19.8. The molecule has 25 heavy (non-hydrogen) atoms. The van der Waals surface area contributed by atoms with Crippen LogP contribution >= 0.6 is 44.5 Å². The van der Waals surface area contributed by atoms with Crippen LogP contribution in [0, 0.1) is 0 Å². The van der Waals surface area contributed by atoms with Gasteiger partial charge >= 0.3 is 0 Å². The first-order chi connectivity index (χ1) is 11.7. The Kier molecular flexibility index (Phi) is 6.50. The maximum absolute atomic E-state index is 9.66. The molecule has 9 heteroatoms. The molecule has 0 bridgehead atoms. The second kappa shape index (κ2) is 8.22. The minimum absolute atomic E-state index is 0.253. The van der Waals surface area contributed by atoms with Crippen LogP contribution < -0.4 is 5.32 Å². The number of aromatic hydroxyl groups is 5. The topological polar surface area (TPSA) is 113 Å². The van der Waals surface area contributed by atoms with Gasteiger partial charge in [0.1, 0.15) is 0 Å². The molecule has 1 atom stereocenters. The minimum atomic E-state index is -0.561. The van der Waals surface area contributed by atoms with Crippen molar-refractivity contribution in [3.8, 4) is 28.7 Å². The van der Waals surface area contributed by atoms with Crippen molar-refractivity contribution in [1.82, 2.24) is 5.32 Å². The Balaban J connectivity index is 2.06. The zero-order valence-corrected chi connectivity index (χ0v) is 16.7. The summed E-state index contributed by atoms with van der Waals surface area (Å²) in [4.78, 5) is 0. The van der Waals surface area contributed by atoms with Crippen molar-refractivity contribution in [3.05, 3.63) is 44.3 Å². The Hall–Kier alpha value is -1.55. The van der Waals surface area contributed by atoms with E-state index in [1.54, 1.807) is 12.2 Å². The van der Waals surface area contributed by atoms with Gasteiger partial charge in [0.2, 0.25) is 0 Å². The van der Waals surface area contributed by atoms with Crippen LogP contribution in [-0.2, 0) is 6.54 Å². The maximum atomic E-state index is 9.66. The van der Waals surface area contributed by atoms with Gasteiger partial charge in [0.05, 0.1) is 9.85 Å². The zero-order chi connectivity index (χ0) is 18.7. The number of rotatable bonds is 5. The fraction of sp³-hybridized carbons (Fsp3) is 0.125. The smallest absolute Gasteiger partial charge is 0.200 e. The lowest BCUT2D eigenvalue weighted by molar-refractivity contribution is 0.367. The summed E-state index contributed by atoms with van der Waals surface area (Å²) in [5.74, 6) is -1.88. The molecule has 0 radical (unpaired) electrons. The van der Waals surface area contributed by atoms with Crippen LogP contribution in [0.2, 0.25) is 0 Å². The van der Waals surface area contributed by atoms with Gasteiger partial charge in [-0.1, -0.05) is 12.2 Å². The zero-order valence-electron chi connectivity index (χ0n) is 12.6. The van der Waals surface area contributed by atoms with Gasteiger partial charge in [-0.2, -0.15) is 12.6 Å². The summed E-state index contributed by atoms with van der Waals surface area (Å²) in [5.41, 5.74) is 1.19. The number of phenolic OH excluding ortho intramolecular Hbond substituents is 5. The molecule has 0 amide bonds. The van der Waals surface area contributed by atoms with Crippen LogP contribution in [0.15, 0.2) is 33.2 Å². The first-order valence-electron chi connectivity index (χ1n) is 6.94. The Morgan fingerprint density at radius 3 is 2.08 bits per heavy atom. The molecule has 0 aromatic heterocycles. The lowest BCUT2D eigenvalue weighted by atomic mass is 10.1. The molecule has 0 fully saturated rings. The van der Waals surface area contributed by atoms with E-state index in [0.29, 0.717) is 20.1 Å². The Labute approximate surface area is 166 Å². The highest BCUT2D eigenvalue weighted by Gasteiger charge is 2.12. The second-order valence-corrected chi connectivity index (χ2v) is 7.27. The molecule has 2 aromatic carbocycles. The molecule has 6 nitrogen and oxygen atoms in total. The average Bonchev–Trinajstić information content (AvgIpc) is 2.57. The van der Waals surface area contributed by atoms with Gasteiger partial charge in [0.15, 0.2) is 28.7 Å². The van der Waals surface area contributed by atoms with E-state index in [2.05, 4.69) is 49.8 Å². The summed E-state index contributed by atoms with van der Waals surface area (Å²) in [7, 11) is 0. The Morgan fingerprint density at radius 2 is 1.48 bits per heavy atom. The summed E-state index contributed by atoms with van der Waals surface area (Å²) in [6.07, 6.45) is 3.41. The Bertz CT molecular complexity index is 806. The average molecular weight is 493 g/mol. The maximum Gasteiger partial charge on any atom is 0.200 e. The number of thiol groups is 1. The molecule has 0 saturated heterocycles. The molecular formula is C16H15Br2NO5S. The predicted octanol–water partition coefficient (Wildman–Crippen LogP) is 3.80. The van der Waals surface area contributed by atoms with E-state index in [-0.39, 0.29) is 23.4 Å². The van der Waals surface area contributed by atoms with Crippen LogP contribution in [0.5, 0.6) is 28.7 Å². The third-order valence-corrected chi connectivity index (χ3v) is 5.80. The van der Waals surface area contributed by atoms with E-state index in [9.17, 15) is 25.5 Å².